The zero-order valence-corrected chi connectivity index (χ0v) is 13.1. The molecule has 108 valence electrons. The van der Waals surface area contributed by atoms with E-state index in [1.165, 1.54) is 11.3 Å². The van der Waals surface area contributed by atoms with Gasteiger partial charge in [0.2, 0.25) is 10.0 Å². The molecule has 0 radical (unpaired) electrons. The van der Waals surface area contributed by atoms with E-state index < -0.39 is 10.0 Å². The number of rotatable bonds is 5. The third-order valence-electron chi connectivity index (χ3n) is 3.71. The van der Waals surface area contributed by atoms with Gasteiger partial charge in [0.15, 0.2) is 0 Å². The number of aryl methyl sites for hydroxylation is 1. The maximum atomic E-state index is 12.3. The normalized spacial score (nSPS) is 24.5. The van der Waals surface area contributed by atoms with Crippen LogP contribution in [-0.2, 0) is 16.4 Å². The van der Waals surface area contributed by atoms with Crippen LogP contribution in [0.3, 0.4) is 0 Å². The lowest BCUT2D eigenvalue weighted by Gasteiger charge is -2.28. The Bertz CT molecular complexity index is 502. The molecule has 1 fully saturated rings. The van der Waals surface area contributed by atoms with Crippen LogP contribution < -0.4 is 10.0 Å². The minimum absolute atomic E-state index is 0.0850. The molecule has 1 aliphatic rings. The zero-order valence-electron chi connectivity index (χ0n) is 11.5. The van der Waals surface area contributed by atoms with Crippen LogP contribution in [0.15, 0.2) is 16.3 Å². The summed E-state index contributed by atoms with van der Waals surface area (Å²) >= 11 is 1.37. The molecule has 19 heavy (non-hydrogen) atoms. The summed E-state index contributed by atoms with van der Waals surface area (Å²) in [4.78, 5) is 1.11. The van der Waals surface area contributed by atoms with Crippen LogP contribution in [0.1, 0.15) is 37.5 Å². The highest BCUT2D eigenvalue weighted by Gasteiger charge is 2.25. The average Bonchev–Trinajstić information content (AvgIpc) is 2.89. The Morgan fingerprint density at radius 3 is 2.37 bits per heavy atom. The van der Waals surface area contributed by atoms with Crippen molar-refractivity contribution in [3.63, 3.8) is 0 Å². The highest BCUT2D eigenvalue weighted by molar-refractivity contribution is 7.91. The van der Waals surface area contributed by atoms with Gasteiger partial charge in [-0.3, -0.25) is 0 Å². The van der Waals surface area contributed by atoms with E-state index in [-0.39, 0.29) is 6.04 Å². The Morgan fingerprint density at radius 1 is 1.21 bits per heavy atom. The van der Waals surface area contributed by atoms with Crippen LogP contribution in [0.25, 0.3) is 0 Å². The topological polar surface area (TPSA) is 58.2 Å². The fourth-order valence-corrected chi connectivity index (χ4v) is 5.09. The largest absolute Gasteiger partial charge is 0.317 e. The van der Waals surface area contributed by atoms with E-state index in [0.717, 1.165) is 37.0 Å². The Morgan fingerprint density at radius 2 is 1.84 bits per heavy atom. The number of hydrogen-bond donors (Lipinski definition) is 2. The van der Waals surface area contributed by atoms with Gasteiger partial charge >= 0.3 is 0 Å². The van der Waals surface area contributed by atoms with E-state index in [4.69, 9.17) is 0 Å². The molecule has 0 aliphatic heterocycles. The van der Waals surface area contributed by atoms with Gasteiger partial charge in [0.05, 0.1) is 0 Å². The molecule has 1 aromatic rings. The minimum Gasteiger partial charge on any atom is -0.317 e. The average molecular weight is 302 g/mol. The molecule has 0 saturated heterocycles. The van der Waals surface area contributed by atoms with Crippen molar-refractivity contribution in [2.45, 2.75) is 55.3 Å². The van der Waals surface area contributed by atoms with Crippen LogP contribution in [-0.4, -0.2) is 27.5 Å². The molecule has 0 bridgehead atoms. The van der Waals surface area contributed by atoms with E-state index in [1.807, 2.05) is 20.0 Å². The fourth-order valence-electron chi connectivity index (χ4n) is 2.47. The van der Waals surface area contributed by atoms with E-state index in [2.05, 4.69) is 10.0 Å². The van der Waals surface area contributed by atoms with Gasteiger partial charge in [0, 0.05) is 17.0 Å². The lowest BCUT2D eigenvalue weighted by atomic mass is 9.92. The van der Waals surface area contributed by atoms with E-state index in [0.29, 0.717) is 10.3 Å². The standard InChI is InChI=1S/C13H22N2O2S2/c1-3-12-8-9-13(18-12)19(16,17)15-11-6-4-10(14-2)5-7-11/h8-11,14-15H,3-7H2,1-2H3. The molecule has 2 N–H and O–H groups in total. The summed E-state index contributed by atoms with van der Waals surface area (Å²) < 4.78 is 27.8. The zero-order chi connectivity index (χ0) is 13.9. The highest BCUT2D eigenvalue weighted by Crippen LogP contribution is 2.24. The second-order valence-electron chi connectivity index (χ2n) is 5.03. The predicted octanol–water partition coefficient (Wildman–Crippen LogP) is 2.12. The molecule has 0 unspecified atom stereocenters. The van der Waals surface area contributed by atoms with Crippen LogP contribution in [0.4, 0.5) is 0 Å². The Kier molecular flexibility index (Phi) is 5.00. The Labute approximate surface area is 119 Å². The van der Waals surface area contributed by atoms with Gasteiger partial charge in [-0.25, -0.2) is 13.1 Å². The molecular formula is C13H22N2O2S2. The van der Waals surface area contributed by atoms with Crippen molar-refractivity contribution in [1.29, 1.82) is 0 Å². The molecule has 4 nitrogen and oxygen atoms in total. The minimum atomic E-state index is -3.33. The maximum absolute atomic E-state index is 12.3. The van der Waals surface area contributed by atoms with Crippen molar-refractivity contribution in [3.8, 4) is 0 Å². The van der Waals surface area contributed by atoms with Crippen molar-refractivity contribution in [2.24, 2.45) is 0 Å². The third-order valence-corrected chi connectivity index (χ3v) is 6.95. The summed E-state index contributed by atoms with van der Waals surface area (Å²) in [6.07, 6.45) is 4.78. The van der Waals surface area contributed by atoms with Crippen LogP contribution in [0.2, 0.25) is 0 Å². The molecule has 1 heterocycles. The van der Waals surface area contributed by atoms with Gasteiger partial charge in [-0.15, -0.1) is 11.3 Å². The first-order valence-electron chi connectivity index (χ1n) is 6.83. The van der Waals surface area contributed by atoms with Crippen molar-refractivity contribution in [1.82, 2.24) is 10.0 Å². The smallest absolute Gasteiger partial charge is 0.250 e. The molecule has 0 aromatic carbocycles. The molecule has 0 atom stereocenters. The van der Waals surface area contributed by atoms with Gasteiger partial charge in [-0.05, 0) is 51.3 Å². The van der Waals surface area contributed by atoms with Crippen molar-refractivity contribution in [3.05, 3.63) is 17.0 Å². The number of hydrogen-bond acceptors (Lipinski definition) is 4. The third kappa shape index (κ3) is 3.78. The predicted molar refractivity (Wildman–Crippen MR) is 79.1 cm³/mol. The SMILES string of the molecule is CCc1ccc(S(=O)(=O)NC2CCC(NC)CC2)s1. The molecule has 0 spiro atoms. The summed E-state index contributed by atoms with van der Waals surface area (Å²) in [6, 6.07) is 4.23. The Balaban J connectivity index is 1.98. The summed E-state index contributed by atoms with van der Waals surface area (Å²) in [5.41, 5.74) is 0. The summed E-state index contributed by atoms with van der Waals surface area (Å²) in [7, 11) is -1.36. The molecule has 1 aromatic heterocycles. The Hall–Kier alpha value is -0.430. The second kappa shape index (κ2) is 6.35. The molecule has 2 rings (SSSR count). The molecular weight excluding hydrogens is 280 g/mol. The van der Waals surface area contributed by atoms with Crippen LogP contribution in [0.5, 0.6) is 0 Å². The molecule has 1 saturated carbocycles. The summed E-state index contributed by atoms with van der Waals surface area (Å²) in [5.74, 6) is 0. The number of sulfonamides is 1. The fraction of sp³-hybridized carbons (Fsp3) is 0.692. The lowest BCUT2D eigenvalue weighted by Crippen LogP contribution is -2.41. The first kappa shape index (κ1) is 15.0. The van der Waals surface area contributed by atoms with Gasteiger partial charge < -0.3 is 5.32 Å². The second-order valence-corrected chi connectivity index (χ2v) is 8.14. The first-order chi connectivity index (χ1) is 9.05. The van der Waals surface area contributed by atoms with Crippen LogP contribution in [0, 0.1) is 0 Å². The van der Waals surface area contributed by atoms with Gasteiger partial charge in [-0.1, -0.05) is 6.92 Å². The lowest BCUT2D eigenvalue weighted by molar-refractivity contribution is 0.343. The molecule has 0 amide bonds. The van der Waals surface area contributed by atoms with E-state index in [1.54, 1.807) is 6.07 Å². The van der Waals surface area contributed by atoms with Gasteiger partial charge in [-0.2, -0.15) is 0 Å². The van der Waals surface area contributed by atoms with E-state index in [9.17, 15) is 8.42 Å². The number of thiophene rings is 1. The van der Waals surface area contributed by atoms with Crippen molar-refractivity contribution >= 4 is 21.4 Å². The van der Waals surface area contributed by atoms with Crippen molar-refractivity contribution in [2.75, 3.05) is 7.05 Å². The number of nitrogens with one attached hydrogen (secondary N) is 2. The molecule has 6 heteroatoms. The summed E-state index contributed by atoms with van der Waals surface area (Å²) in [5, 5.41) is 3.25. The molecule has 1 aliphatic carbocycles. The van der Waals surface area contributed by atoms with Crippen molar-refractivity contribution < 1.29 is 8.42 Å². The quantitative estimate of drug-likeness (QED) is 0.876. The highest BCUT2D eigenvalue weighted by atomic mass is 32.2. The summed E-state index contributed by atoms with van der Waals surface area (Å²) in [6.45, 7) is 2.04. The van der Waals surface area contributed by atoms with Crippen LogP contribution >= 0.6 is 11.3 Å². The van der Waals surface area contributed by atoms with Gasteiger partial charge in [0.25, 0.3) is 0 Å². The van der Waals surface area contributed by atoms with Gasteiger partial charge in [0.1, 0.15) is 4.21 Å². The maximum Gasteiger partial charge on any atom is 0.250 e. The van der Waals surface area contributed by atoms with E-state index >= 15 is 0 Å². The first-order valence-corrected chi connectivity index (χ1v) is 9.13. The monoisotopic (exact) mass is 302 g/mol.